The van der Waals surface area contributed by atoms with Gasteiger partial charge in [-0.1, -0.05) is 52.0 Å². The van der Waals surface area contributed by atoms with E-state index in [-0.39, 0.29) is 51.3 Å². The van der Waals surface area contributed by atoms with E-state index in [2.05, 4.69) is 40.9 Å². The lowest BCUT2D eigenvalue weighted by Crippen LogP contribution is -2.63. The highest BCUT2D eigenvalue weighted by Crippen LogP contribution is 2.69. The highest BCUT2D eigenvalue weighted by atomic mass is 16.6. The van der Waals surface area contributed by atoms with Crippen molar-refractivity contribution in [2.24, 2.45) is 74.7 Å². The minimum absolute atomic E-state index is 0.00213. The molecule has 0 aliphatic heterocycles. The van der Waals surface area contributed by atoms with Crippen LogP contribution in [0.3, 0.4) is 0 Å². The van der Waals surface area contributed by atoms with Gasteiger partial charge in [0.15, 0.2) is 11.6 Å². The van der Waals surface area contributed by atoms with Gasteiger partial charge in [0.2, 0.25) is 0 Å². The van der Waals surface area contributed by atoms with Gasteiger partial charge in [-0.05, 0) is 165 Å². The van der Waals surface area contributed by atoms with Crippen molar-refractivity contribution in [3.63, 3.8) is 0 Å². The molecule has 7 N–H and O–H groups in total. The Morgan fingerprint density at radius 2 is 1.40 bits per heavy atom. The summed E-state index contributed by atoms with van der Waals surface area (Å²) in [6.45, 7) is 21.5. The molecule has 8 nitrogen and oxygen atoms in total. The number of fused-ring (bicyclic) bond motifs is 10. The molecule has 0 amide bonds. The van der Waals surface area contributed by atoms with Crippen molar-refractivity contribution in [1.29, 1.82) is 5.41 Å². The average molecular weight is 733 g/mol. The van der Waals surface area contributed by atoms with Crippen LogP contribution in [0.2, 0.25) is 0 Å². The lowest BCUT2D eigenvalue weighted by molar-refractivity contribution is -0.259. The number of Topliss-reactive ketones (excluding diaryl/α,β-unsaturated/α-hetero) is 1. The summed E-state index contributed by atoms with van der Waals surface area (Å²) in [6.07, 6.45) is 13.1. The van der Waals surface area contributed by atoms with Crippen LogP contribution in [0.15, 0.2) is 47.4 Å². The molecule has 0 saturated heterocycles. The average Bonchev–Trinajstić information content (AvgIpc) is 3.57. The number of hydrogen-bond acceptors (Lipinski definition) is 8. The summed E-state index contributed by atoms with van der Waals surface area (Å²) in [5.41, 5.74) is 11.3. The predicted octanol–water partition coefficient (Wildman–Crippen LogP) is 7.93. The van der Waals surface area contributed by atoms with Crippen LogP contribution in [0.1, 0.15) is 125 Å². The second-order valence-electron chi connectivity index (χ2n) is 20.4. The fraction of sp³-hybridized carbons (Fsp3) is 0.778. The number of allylic oxidation sites excluding steroid dienone is 5. The molecule has 0 heterocycles. The second-order valence-corrected chi connectivity index (χ2v) is 20.4. The molecule has 0 spiro atoms. The fourth-order valence-corrected chi connectivity index (χ4v) is 14.6. The van der Waals surface area contributed by atoms with Gasteiger partial charge in [0.05, 0.1) is 24.6 Å². The lowest BCUT2D eigenvalue weighted by Gasteiger charge is -2.62. The molecule has 0 radical (unpaired) electrons. The topological polar surface area (TPSA) is 157 Å². The first-order chi connectivity index (χ1) is 24.7. The van der Waals surface area contributed by atoms with Crippen molar-refractivity contribution >= 4 is 12.0 Å². The molecule has 7 fully saturated rings. The van der Waals surface area contributed by atoms with Crippen LogP contribution in [-0.2, 0) is 9.53 Å². The van der Waals surface area contributed by atoms with Gasteiger partial charge < -0.3 is 36.3 Å². The zero-order chi connectivity index (χ0) is 38.6. The Balaban J connectivity index is 0.000000165. The summed E-state index contributed by atoms with van der Waals surface area (Å²) >= 11 is 0. The maximum Gasteiger partial charge on any atom is 0.162 e. The van der Waals surface area contributed by atoms with Crippen molar-refractivity contribution in [3.8, 4) is 0 Å². The zero-order valence-electron chi connectivity index (χ0n) is 33.3. The van der Waals surface area contributed by atoms with Gasteiger partial charge in [-0.2, -0.15) is 0 Å². The third-order valence-corrected chi connectivity index (χ3v) is 17.7. The van der Waals surface area contributed by atoms with Gasteiger partial charge >= 0.3 is 0 Å². The van der Waals surface area contributed by atoms with E-state index in [1.165, 1.54) is 17.4 Å². The molecular weight excluding hydrogens is 665 g/mol. The van der Waals surface area contributed by atoms with Gasteiger partial charge in [0.25, 0.3) is 0 Å². The number of hydrogen-bond donors (Lipinski definition) is 6. The van der Waals surface area contributed by atoms with Crippen molar-refractivity contribution < 1.29 is 30.0 Å². The molecule has 15 atom stereocenters. The summed E-state index contributed by atoms with van der Waals surface area (Å²) < 4.78 is 6.27. The number of nitrogens with one attached hydrogen (secondary N) is 1. The number of ether oxygens (including phenoxy) is 1. The van der Waals surface area contributed by atoms with E-state index >= 15 is 0 Å². The van der Waals surface area contributed by atoms with Crippen LogP contribution in [0.4, 0.5) is 0 Å². The molecule has 7 saturated carbocycles. The van der Waals surface area contributed by atoms with Crippen LogP contribution in [0, 0.1) is 74.4 Å². The Morgan fingerprint density at radius 3 is 1.94 bits per heavy atom. The third-order valence-electron chi connectivity index (χ3n) is 17.7. The molecule has 13 unspecified atom stereocenters. The maximum atomic E-state index is 12.5. The number of aliphatic hydroxyl groups is 4. The largest absolute Gasteiger partial charge is 0.515 e. The number of ketones is 1. The van der Waals surface area contributed by atoms with Crippen molar-refractivity contribution in [2.75, 3.05) is 0 Å². The first-order valence-corrected chi connectivity index (χ1v) is 20.7. The molecule has 8 aliphatic carbocycles. The van der Waals surface area contributed by atoms with E-state index in [1.807, 2.05) is 0 Å². The molecule has 294 valence electrons. The standard InChI is InChI=1S/C24H36O4.C21H32N2O2/c1-14-6-7-17-21-18(8-9-23(14,17)4)24(5)12-15(13-25)19(26)10-16(24)11-20(21)28-22(2,3)27;1-11-4-5-13-17-14(6-7-20(11,13)2)21(3)9-12(10-22)16(23)8-15(21)18(24)19(17)25/h13,16-18,20-21,25,27H,1,6-12H2,2-5H3;10,13-15,17-19,22,24-25H,1,4-9,23H2,2-3H3/b15-13-;/t;13?,14-,15?,17?,18+,19?,20?,21?/m.0/s1. The normalized spacial score (nSPS) is 49.9. The Kier molecular flexibility index (Phi) is 9.69. The maximum absolute atomic E-state index is 12.5. The Morgan fingerprint density at radius 1 is 0.830 bits per heavy atom. The van der Waals surface area contributed by atoms with Crippen LogP contribution >= 0.6 is 0 Å². The Bertz CT molecular complexity index is 1610. The summed E-state index contributed by atoms with van der Waals surface area (Å²) in [4.78, 5) is 12.5. The minimum Gasteiger partial charge on any atom is -0.515 e. The van der Waals surface area contributed by atoms with Crippen LogP contribution in [0.25, 0.3) is 0 Å². The van der Waals surface area contributed by atoms with Crippen LogP contribution in [-0.4, -0.2) is 56.5 Å². The van der Waals surface area contributed by atoms with Gasteiger partial charge in [-0.3, -0.25) is 4.79 Å². The quantitative estimate of drug-likeness (QED) is 0.0566. The minimum atomic E-state index is -1.18. The molecule has 8 aliphatic rings. The van der Waals surface area contributed by atoms with Gasteiger partial charge in [-0.25, -0.2) is 0 Å². The Hall–Kier alpha value is -2.26. The zero-order valence-corrected chi connectivity index (χ0v) is 33.3. The molecule has 0 aromatic rings. The van der Waals surface area contributed by atoms with E-state index in [0.29, 0.717) is 54.4 Å². The van der Waals surface area contributed by atoms with Gasteiger partial charge in [0, 0.05) is 23.9 Å². The number of carbonyl (C=O) groups is 1. The first-order valence-electron chi connectivity index (χ1n) is 20.7. The predicted molar refractivity (Wildman–Crippen MR) is 208 cm³/mol. The first kappa shape index (κ1) is 39.0. The number of nitrogens with two attached hydrogens (primary N) is 1. The number of aliphatic hydroxyl groups excluding tert-OH is 3. The SMILES string of the molecule is C=C1CCC2C3C(O)[C@H](O)C4CC(N)=C(C=N)CC4(C)[C@H]3CCC12C.C=C1CCC2C3C(OC(C)(C)O)CC4CC(=O)/C(=C\O)CC4(C)C3CCC12C. The monoisotopic (exact) mass is 733 g/mol. The lowest BCUT2D eigenvalue weighted by atomic mass is 9.44. The van der Waals surface area contributed by atoms with E-state index in [0.717, 1.165) is 81.7 Å². The Labute approximate surface area is 317 Å². The molecule has 53 heavy (non-hydrogen) atoms. The molecule has 0 bridgehead atoms. The molecule has 0 aromatic carbocycles. The van der Waals surface area contributed by atoms with E-state index < -0.39 is 18.0 Å². The summed E-state index contributed by atoms with van der Waals surface area (Å²) in [5, 5.41) is 50.0. The number of rotatable bonds is 3. The van der Waals surface area contributed by atoms with Gasteiger partial charge in [0.1, 0.15) is 0 Å². The second kappa shape index (κ2) is 13.2. The van der Waals surface area contributed by atoms with Crippen molar-refractivity contribution in [2.45, 2.75) is 149 Å². The summed E-state index contributed by atoms with van der Waals surface area (Å²) in [6, 6.07) is 0. The van der Waals surface area contributed by atoms with Crippen molar-refractivity contribution in [3.05, 3.63) is 47.4 Å². The van der Waals surface area contributed by atoms with Gasteiger partial charge in [-0.15, -0.1) is 0 Å². The molecular formula is C45H68N2O6. The molecule has 8 rings (SSSR count). The smallest absolute Gasteiger partial charge is 0.162 e. The van der Waals surface area contributed by atoms with E-state index in [9.17, 15) is 25.2 Å². The third kappa shape index (κ3) is 5.89. The highest BCUT2D eigenvalue weighted by Gasteiger charge is 2.65. The van der Waals surface area contributed by atoms with Crippen LogP contribution in [0.5, 0.6) is 0 Å². The summed E-state index contributed by atoms with van der Waals surface area (Å²) in [7, 11) is 0. The van der Waals surface area contributed by atoms with Crippen LogP contribution < -0.4 is 5.73 Å². The highest BCUT2D eigenvalue weighted by molar-refractivity contribution is 5.96. The fourth-order valence-electron chi connectivity index (χ4n) is 14.6. The summed E-state index contributed by atoms with van der Waals surface area (Å²) in [5.74, 6) is 1.35. The van der Waals surface area contributed by atoms with E-state index in [1.54, 1.807) is 13.8 Å². The molecule has 0 aromatic heterocycles. The van der Waals surface area contributed by atoms with E-state index in [4.69, 9.17) is 15.9 Å². The number of carbonyl (C=O) groups excluding carboxylic acids is 1. The molecule has 8 heteroatoms. The van der Waals surface area contributed by atoms with Crippen molar-refractivity contribution in [1.82, 2.24) is 0 Å².